The Balaban J connectivity index is 1.68. The van der Waals surface area contributed by atoms with E-state index in [1.54, 1.807) is 18.3 Å². The van der Waals surface area contributed by atoms with E-state index in [-0.39, 0.29) is 24.2 Å². The summed E-state index contributed by atoms with van der Waals surface area (Å²) in [7, 11) is 0. The van der Waals surface area contributed by atoms with Crippen molar-refractivity contribution in [2.24, 2.45) is 16.6 Å². The van der Waals surface area contributed by atoms with Gasteiger partial charge in [0.15, 0.2) is 5.17 Å². The monoisotopic (exact) mass is 400 g/mol. The van der Waals surface area contributed by atoms with Gasteiger partial charge < -0.3 is 15.8 Å². The number of hydrogen-bond acceptors (Lipinski definition) is 6. The van der Waals surface area contributed by atoms with Crippen LogP contribution in [0.25, 0.3) is 0 Å². The summed E-state index contributed by atoms with van der Waals surface area (Å²) in [5.74, 6) is 0.152. The molecule has 28 heavy (non-hydrogen) atoms. The van der Waals surface area contributed by atoms with E-state index in [1.807, 2.05) is 13.0 Å². The number of carbonyl (C=O) groups excluding carboxylic acids is 1. The lowest BCUT2D eigenvalue weighted by Crippen LogP contribution is -2.48. The van der Waals surface area contributed by atoms with Gasteiger partial charge in [0.1, 0.15) is 17.1 Å². The van der Waals surface area contributed by atoms with Gasteiger partial charge in [0.2, 0.25) is 0 Å². The molecule has 4 rings (SSSR count). The van der Waals surface area contributed by atoms with Crippen LogP contribution in [0.5, 0.6) is 0 Å². The summed E-state index contributed by atoms with van der Waals surface area (Å²) in [5, 5.41) is 3.22. The van der Waals surface area contributed by atoms with Crippen LogP contribution in [0, 0.1) is 18.7 Å². The maximum Gasteiger partial charge on any atom is 0.274 e. The number of aliphatic imine (C=N–C) groups is 1. The Labute approximate surface area is 166 Å². The predicted molar refractivity (Wildman–Crippen MR) is 108 cm³/mol. The van der Waals surface area contributed by atoms with Crippen molar-refractivity contribution in [3.8, 4) is 0 Å². The number of amidine groups is 1. The van der Waals surface area contributed by atoms with Crippen LogP contribution in [-0.4, -0.2) is 35.0 Å². The molecular formula is C20H21FN4O2S. The number of halogens is 1. The first-order valence-corrected chi connectivity index (χ1v) is 10.1. The van der Waals surface area contributed by atoms with Crippen molar-refractivity contribution in [3.05, 3.63) is 59.2 Å². The van der Waals surface area contributed by atoms with E-state index in [0.29, 0.717) is 28.7 Å². The Bertz CT molecular complexity index is 934. The van der Waals surface area contributed by atoms with E-state index in [2.05, 4.69) is 15.3 Å². The second-order valence-corrected chi connectivity index (χ2v) is 8.13. The quantitative estimate of drug-likeness (QED) is 0.826. The van der Waals surface area contributed by atoms with Gasteiger partial charge in [0, 0.05) is 35.7 Å². The van der Waals surface area contributed by atoms with Crippen LogP contribution in [0.2, 0.25) is 0 Å². The molecule has 1 aromatic heterocycles. The van der Waals surface area contributed by atoms with Gasteiger partial charge in [-0.2, -0.15) is 0 Å². The van der Waals surface area contributed by atoms with E-state index in [1.165, 1.54) is 23.9 Å². The van der Waals surface area contributed by atoms with Crippen LogP contribution in [0.1, 0.15) is 28.0 Å². The molecule has 0 saturated carbocycles. The van der Waals surface area contributed by atoms with Crippen molar-refractivity contribution in [1.82, 2.24) is 4.98 Å². The number of thioether (sulfide) groups is 1. The topological polar surface area (TPSA) is 89.6 Å². The average molecular weight is 400 g/mol. The minimum Gasteiger partial charge on any atom is -0.379 e. The molecule has 1 unspecified atom stereocenters. The molecule has 146 valence electrons. The summed E-state index contributed by atoms with van der Waals surface area (Å²) < 4.78 is 20.5. The third kappa shape index (κ3) is 3.49. The third-order valence-electron chi connectivity index (χ3n) is 5.18. The van der Waals surface area contributed by atoms with Crippen molar-refractivity contribution in [3.63, 3.8) is 0 Å². The Morgan fingerprint density at radius 1 is 1.39 bits per heavy atom. The molecule has 0 radical (unpaired) electrons. The molecule has 2 aliphatic heterocycles. The summed E-state index contributed by atoms with van der Waals surface area (Å²) in [6, 6.07) is 7.99. The molecule has 0 bridgehead atoms. The number of aryl methyl sites for hydroxylation is 1. The molecule has 1 amide bonds. The lowest BCUT2D eigenvalue weighted by atomic mass is 9.76. The Kier molecular flexibility index (Phi) is 5.07. The summed E-state index contributed by atoms with van der Waals surface area (Å²) >= 11 is 1.49. The molecule has 1 fully saturated rings. The number of ether oxygens (including phenoxy) is 1. The molecule has 2 aromatic rings. The summed E-state index contributed by atoms with van der Waals surface area (Å²) in [6.07, 6.45) is 2.41. The Morgan fingerprint density at radius 2 is 2.25 bits per heavy atom. The van der Waals surface area contributed by atoms with Gasteiger partial charge in [-0.15, -0.1) is 0 Å². The largest absolute Gasteiger partial charge is 0.379 e. The normalized spacial score (nSPS) is 24.2. The minimum atomic E-state index is -0.861. The molecule has 6 nitrogen and oxygen atoms in total. The summed E-state index contributed by atoms with van der Waals surface area (Å²) in [6.45, 7) is 2.80. The first kappa shape index (κ1) is 18.9. The number of aromatic nitrogens is 1. The van der Waals surface area contributed by atoms with Gasteiger partial charge in [-0.25, -0.2) is 9.38 Å². The molecule has 2 atom stereocenters. The van der Waals surface area contributed by atoms with E-state index in [4.69, 9.17) is 10.5 Å². The van der Waals surface area contributed by atoms with Crippen LogP contribution >= 0.6 is 11.8 Å². The molecular weight excluding hydrogens is 379 g/mol. The van der Waals surface area contributed by atoms with Gasteiger partial charge in [-0.3, -0.25) is 9.78 Å². The highest BCUT2D eigenvalue weighted by atomic mass is 32.2. The molecule has 2 aliphatic rings. The maximum absolute atomic E-state index is 14.9. The first-order chi connectivity index (χ1) is 13.5. The number of pyridine rings is 1. The van der Waals surface area contributed by atoms with Crippen molar-refractivity contribution < 1.29 is 13.9 Å². The van der Waals surface area contributed by atoms with E-state index in [0.717, 1.165) is 17.7 Å². The predicted octanol–water partition coefficient (Wildman–Crippen LogP) is 3.07. The number of nitrogens with two attached hydrogens (primary N) is 1. The van der Waals surface area contributed by atoms with Crippen LogP contribution in [0.3, 0.4) is 0 Å². The molecule has 0 aliphatic carbocycles. The van der Waals surface area contributed by atoms with E-state index < -0.39 is 5.54 Å². The number of fused-ring (bicyclic) bond motifs is 1. The van der Waals surface area contributed by atoms with Crippen LogP contribution < -0.4 is 11.1 Å². The van der Waals surface area contributed by atoms with Gasteiger partial charge >= 0.3 is 0 Å². The van der Waals surface area contributed by atoms with Crippen molar-refractivity contribution in [1.29, 1.82) is 0 Å². The molecule has 0 spiro atoms. The number of benzene rings is 1. The minimum absolute atomic E-state index is 0.123. The van der Waals surface area contributed by atoms with Crippen LogP contribution in [-0.2, 0) is 10.3 Å². The van der Waals surface area contributed by atoms with Gasteiger partial charge in [-0.05, 0) is 43.2 Å². The van der Waals surface area contributed by atoms with Gasteiger partial charge in [0.05, 0.1) is 6.61 Å². The molecule has 1 aromatic carbocycles. The number of amides is 1. The fourth-order valence-electron chi connectivity index (χ4n) is 3.66. The number of nitrogens with zero attached hydrogens (tertiary/aromatic N) is 2. The maximum atomic E-state index is 14.9. The second kappa shape index (κ2) is 7.52. The molecule has 3 N–H and O–H groups in total. The fraction of sp³-hybridized carbons (Fsp3) is 0.350. The van der Waals surface area contributed by atoms with Crippen molar-refractivity contribution >= 4 is 28.5 Å². The van der Waals surface area contributed by atoms with E-state index >= 15 is 0 Å². The highest BCUT2D eigenvalue weighted by Crippen LogP contribution is 2.45. The number of carbonyl (C=O) groups is 1. The molecule has 3 heterocycles. The zero-order valence-corrected chi connectivity index (χ0v) is 16.3. The van der Waals surface area contributed by atoms with Crippen LogP contribution in [0.15, 0.2) is 41.5 Å². The Morgan fingerprint density at radius 3 is 3.04 bits per heavy atom. The van der Waals surface area contributed by atoms with E-state index in [9.17, 15) is 9.18 Å². The number of rotatable bonds is 3. The highest BCUT2D eigenvalue weighted by Gasteiger charge is 2.47. The molecule has 1 saturated heterocycles. The fourth-order valence-corrected chi connectivity index (χ4v) is 4.70. The lowest BCUT2D eigenvalue weighted by molar-refractivity contribution is 0.00304. The zero-order chi connectivity index (χ0) is 19.7. The summed E-state index contributed by atoms with van der Waals surface area (Å²) in [5.41, 5.74) is 7.26. The number of nitrogens with one attached hydrogen (secondary N) is 1. The second-order valence-electron chi connectivity index (χ2n) is 7.09. The first-order valence-electron chi connectivity index (χ1n) is 9.08. The third-order valence-corrected chi connectivity index (χ3v) is 6.14. The lowest BCUT2D eigenvalue weighted by Gasteiger charge is -2.43. The SMILES string of the molecule is Cc1ccc(C(=O)Nc2ccc(F)c([C@@]34COCCC3CSC(N)=N4)c2)nc1. The van der Waals surface area contributed by atoms with Gasteiger partial charge in [0.25, 0.3) is 5.91 Å². The average Bonchev–Trinajstić information content (AvgIpc) is 2.69. The van der Waals surface area contributed by atoms with Crippen molar-refractivity contribution in [2.45, 2.75) is 18.9 Å². The van der Waals surface area contributed by atoms with Crippen LogP contribution in [0.4, 0.5) is 10.1 Å². The Hall–Kier alpha value is -2.45. The smallest absolute Gasteiger partial charge is 0.274 e. The summed E-state index contributed by atoms with van der Waals surface area (Å²) in [4.78, 5) is 21.2. The van der Waals surface area contributed by atoms with Crippen molar-refractivity contribution in [2.75, 3.05) is 24.3 Å². The van der Waals surface area contributed by atoms with Gasteiger partial charge in [-0.1, -0.05) is 17.8 Å². The molecule has 8 heteroatoms. The number of hydrogen-bond donors (Lipinski definition) is 2. The zero-order valence-electron chi connectivity index (χ0n) is 15.4. The standard InChI is InChI=1S/C20H21FN4O2S/c1-12-2-5-17(23-9-12)18(26)24-14-3-4-16(21)15(8-14)20-11-27-7-6-13(20)10-28-19(22)25-20/h2-5,8-9,13H,6-7,10-11H2,1H3,(H2,22,25)(H,24,26)/t13?,20-/m1/s1. The highest BCUT2D eigenvalue weighted by molar-refractivity contribution is 8.13. The number of anilines is 1.